The molecular formula is C45H57BrCl2N10O4. The zero-order valence-electron chi connectivity index (χ0n) is 35.7. The number of rotatable bonds is 4. The van der Waals surface area contributed by atoms with Gasteiger partial charge >= 0.3 is 12.2 Å². The van der Waals surface area contributed by atoms with E-state index in [4.69, 9.17) is 43.4 Å². The maximum atomic E-state index is 12.3. The average molecular weight is 953 g/mol. The number of likely N-dealkylation sites (tertiary alicyclic amines) is 2. The lowest BCUT2D eigenvalue weighted by Crippen LogP contribution is -2.36. The molecule has 6 aromatic rings. The molecule has 2 aliphatic heterocycles. The number of fused-ring (bicyclic) bond motifs is 2. The number of carbonyl (C=O) groups excluding carboxylic acids is 2. The molecule has 8 heterocycles. The van der Waals surface area contributed by atoms with Gasteiger partial charge in [-0.25, -0.2) is 29.5 Å². The minimum Gasteiger partial charge on any atom is -0.444 e. The van der Waals surface area contributed by atoms with Gasteiger partial charge in [-0.2, -0.15) is 0 Å². The van der Waals surface area contributed by atoms with Gasteiger partial charge in [-0.05, 0) is 132 Å². The lowest BCUT2D eigenvalue weighted by atomic mass is 10.2. The third-order valence-electron chi connectivity index (χ3n) is 9.64. The summed E-state index contributed by atoms with van der Waals surface area (Å²) in [5.41, 5.74) is 11.9. The first-order chi connectivity index (χ1) is 28.7. The summed E-state index contributed by atoms with van der Waals surface area (Å²) in [5, 5.41) is 4.85. The smallest absolute Gasteiger partial charge is 0.410 e. The Kier molecular flexibility index (Phi) is 15.5. The third-order valence-corrected chi connectivity index (χ3v) is 10.9. The van der Waals surface area contributed by atoms with Crippen LogP contribution in [0, 0.1) is 13.8 Å². The van der Waals surface area contributed by atoms with Crippen molar-refractivity contribution in [3.05, 3.63) is 99.1 Å². The molecule has 0 bridgehead atoms. The summed E-state index contributed by atoms with van der Waals surface area (Å²) in [6.07, 6.45) is 8.54. The van der Waals surface area contributed by atoms with Crippen LogP contribution in [-0.2, 0) is 9.47 Å². The van der Waals surface area contributed by atoms with Crippen LogP contribution in [0.15, 0.2) is 77.9 Å². The molecule has 0 aliphatic carbocycles. The summed E-state index contributed by atoms with van der Waals surface area (Å²) in [7, 11) is 0. The first-order valence-electron chi connectivity index (χ1n) is 20.1. The molecule has 332 valence electrons. The minimum absolute atomic E-state index is 0. The van der Waals surface area contributed by atoms with E-state index in [1.807, 2.05) is 125 Å². The quantitative estimate of drug-likeness (QED) is 0.163. The van der Waals surface area contributed by atoms with Crippen molar-refractivity contribution in [1.82, 2.24) is 38.5 Å². The van der Waals surface area contributed by atoms with Crippen molar-refractivity contribution in [2.45, 2.75) is 98.9 Å². The van der Waals surface area contributed by atoms with Crippen molar-refractivity contribution >= 4 is 68.4 Å². The zero-order valence-corrected chi connectivity index (χ0v) is 38.8. The van der Waals surface area contributed by atoms with Gasteiger partial charge in [-0.15, -0.1) is 0 Å². The average Bonchev–Trinajstić information content (AvgIpc) is 3.99. The highest BCUT2D eigenvalue weighted by Crippen LogP contribution is 2.27. The van der Waals surface area contributed by atoms with Crippen LogP contribution >= 0.6 is 39.1 Å². The Morgan fingerprint density at radius 3 is 1.73 bits per heavy atom. The summed E-state index contributed by atoms with van der Waals surface area (Å²) >= 11 is 15.8. The van der Waals surface area contributed by atoms with Crippen LogP contribution < -0.4 is 11.1 Å². The molecule has 8 rings (SSSR count). The molecule has 14 nitrogen and oxygen atoms in total. The second-order valence-electron chi connectivity index (χ2n) is 17.1. The third kappa shape index (κ3) is 12.6. The zero-order chi connectivity index (χ0) is 44.2. The van der Waals surface area contributed by atoms with Crippen LogP contribution in [0.1, 0.15) is 72.9 Å². The van der Waals surface area contributed by atoms with E-state index in [0.717, 1.165) is 80.0 Å². The van der Waals surface area contributed by atoms with Gasteiger partial charge in [0.25, 0.3) is 0 Å². The fourth-order valence-electron chi connectivity index (χ4n) is 6.64. The SMILES string of the molecule is C.CC(C)(C)OC(=O)N1CCC(N)C1.Cc1cc2ncc(-c3cccc(Br)n3)n2cc1Cl.Cc1cc2ncc(-c3cccc(NC4CCN(C(=O)OC(C)(C)C)C4)n3)n2cc1Cl. The van der Waals surface area contributed by atoms with Crippen molar-refractivity contribution < 1.29 is 19.1 Å². The lowest BCUT2D eigenvalue weighted by molar-refractivity contribution is 0.0282. The molecule has 2 unspecified atom stereocenters. The van der Waals surface area contributed by atoms with Gasteiger partial charge < -0.3 is 30.3 Å². The van der Waals surface area contributed by atoms with Gasteiger partial charge in [0, 0.05) is 50.7 Å². The first-order valence-corrected chi connectivity index (χ1v) is 21.6. The molecule has 3 N–H and O–H groups in total. The number of nitrogens with zero attached hydrogens (tertiary/aromatic N) is 8. The molecule has 0 aromatic carbocycles. The molecule has 0 spiro atoms. The van der Waals surface area contributed by atoms with Gasteiger partial charge in [0.05, 0.1) is 45.2 Å². The Morgan fingerprint density at radius 2 is 1.24 bits per heavy atom. The number of ether oxygens (including phenoxy) is 2. The second kappa shape index (κ2) is 20.0. The monoisotopic (exact) mass is 950 g/mol. The standard InChI is InChI=1S/C22H26ClN5O2.C13H9BrClN3.C9H18N2O2.CH4/c1-14-10-20-24-11-18(28(20)13-16(14)23)17-6-5-7-19(26-17)25-15-8-9-27(12-15)21(29)30-22(2,3)4;1-8-5-13-16-6-11(18(13)7-9(8)15)10-3-2-4-12(14)17-10;1-9(2,3)13-8(12)11-5-4-7(10)6-11;/h5-7,10-11,13,15H,8-9,12H2,1-4H3,(H,25,26);2-7H,1H3;7H,4-6,10H2,1-3H3;1H4. The second-order valence-corrected chi connectivity index (χ2v) is 18.8. The number of aryl methyl sites for hydroxylation is 2. The maximum Gasteiger partial charge on any atom is 0.410 e. The van der Waals surface area contributed by atoms with Crippen LogP contribution in [0.5, 0.6) is 0 Å². The Bertz CT molecular complexity index is 2510. The fourth-order valence-corrected chi connectivity index (χ4v) is 7.29. The van der Waals surface area contributed by atoms with Gasteiger partial charge in [-0.1, -0.05) is 42.8 Å². The summed E-state index contributed by atoms with van der Waals surface area (Å²) in [6.45, 7) is 17.7. The number of hydrogen-bond acceptors (Lipinski definition) is 10. The van der Waals surface area contributed by atoms with Crippen LogP contribution in [0.25, 0.3) is 34.1 Å². The van der Waals surface area contributed by atoms with Crippen molar-refractivity contribution in [2.75, 3.05) is 31.5 Å². The molecule has 6 aromatic heterocycles. The van der Waals surface area contributed by atoms with Crippen LogP contribution in [0.3, 0.4) is 0 Å². The van der Waals surface area contributed by atoms with Gasteiger partial charge in [0.1, 0.15) is 32.9 Å². The van der Waals surface area contributed by atoms with E-state index in [1.54, 1.807) is 22.2 Å². The molecule has 62 heavy (non-hydrogen) atoms. The number of halogens is 3. The largest absolute Gasteiger partial charge is 0.444 e. The summed E-state index contributed by atoms with van der Waals surface area (Å²) < 4.78 is 15.4. The predicted molar refractivity (Wildman–Crippen MR) is 251 cm³/mol. The number of carbonyl (C=O) groups is 2. The highest BCUT2D eigenvalue weighted by molar-refractivity contribution is 9.10. The van der Waals surface area contributed by atoms with Gasteiger partial charge in [0.2, 0.25) is 0 Å². The van der Waals surface area contributed by atoms with Crippen LogP contribution in [0.2, 0.25) is 10.0 Å². The molecule has 2 saturated heterocycles. The Morgan fingerprint density at radius 1 is 0.758 bits per heavy atom. The van der Waals surface area contributed by atoms with Gasteiger partial charge in [-0.3, -0.25) is 8.80 Å². The van der Waals surface area contributed by atoms with E-state index in [0.29, 0.717) is 24.7 Å². The summed E-state index contributed by atoms with van der Waals surface area (Å²) in [4.78, 5) is 45.2. The number of aromatic nitrogens is 6. The lowest BCUT2D eigenvalue weighted by Gasteiger charge is -2.24. The highest BCUT2D eigenvalue weighted by atomic mass is 79.9. The maximum absolute atomic E-state index is 12.3. The van der Waals surface area contributed by atoms with Crippen molar-refractivity contribution in [1.29, 1.82) is 0 Å². The minimum atomic E-state index is -0.492. The van der Waals surface area contributed by atoms with Gasteiger partial charge in [0.15, 0.2) is 0 Å². The van der Waals surface area contributed by atoms with Crippen molar-refractivity contribution in [2.24, 2.45) is 5.73 Å². The van der Waals surface area contributed by atoms with Crippen LogP contribution in [-0.4, -0.2) is 100 Å². The number of amides is 2. The number of hydrogen-bond donors (Lipinski definition) is 2. The molecule has 0 radical (unpaired) electrons. The Labute approximate surface area is 382 Å². The molecule has 2 amide bonds. The van der Waals surface area contributed by atoms with E-state index in [2.05, 4.69) is 36.2 Å². The highest BCUT2D eigenvalue weighted by Gasteiger charge is 2.30. The number of imidazole rings is 2. The predicted octanol–water partition coefficient (Wildman–Crippen LogP) is 10.5. The van der Waals surface area contributed by atoms with E-state index in [-0.39, 0.29) is 31.7 Å². The normalized spacial score (nSPS) is 16.3. The van der Waals surface area contributed by atoms with E-state index >= 15 is 0 Å². The topological polar surface area (TPSA) is 158 Å². The number of nitrogens with two attached hydrogens (primary N) is 1. The number of pyridine rings is 4. The molecule has 17 heteroatoms. The first kappa shape index (κ1) is 48.1. The van der Waals surface area contributed by atoms with Crippen molar-refractivity contribution in [3.63, 3.8) is 0 Å². The number of anilines is 1. The molecule has 2 atom stereocenters. The number of nitrogens with one attached hydrogen (secondary N) is 1. The fraction of sp³-hybridized carbons (Fsp3) is 0.422. The van der Waals surface area contributed by atoms with E-state index < -0.39 is 11.2 Å². The van der Waals surface area contributed by atoms with Crippen LogP contribution in [0.4, 0.5) is 15.4 Å². The Hall–Kier alpha value is -4.96. The molecule has 2 fully saturated rings. The summed E-state index contributed by atoms with van der Waals surface area (Å²) in [5.74, 6) is 0.761. The molecular weight excluding hydrogens is 895 g/mol. The molecule has 0 saturated carbocycles. The Balaban J connectivity index is 0.000000193. The van der Waals surface area contributed by atoms with E-state index in [1.165, 1.54) is 0 Å². The van der Waals surface area contributed by atoms with Crippen molar-refractivity contribution in [3.8, 4) is 22.8 Å². The summed E-state index contributed by atoms with van der Waals surface area (Å²) in [6, 6.07) is 15.8. The molecule has 2 aliphatic rings. The van der Waals surface area contributed by atoms with E-state index in [9.17, 15) is 9.59 Å².